The minimum atomic E-state index is -0.793. The summed E-state index contributed by atoms with van der Waals surface area (Å²) in [5, 5.41) is 0. The van der Waals surface area contributed by atoms with Gasteiger partial charge in [-0.3, -0.25) is 4.90 Å². The van der Waals surface area contributed by atoms with Crippen LogP contribution in [0.3, 0.4) is 0 Å². The maximum Gasteiger partial charge on any atom is 0.159 e. The van der Waals surface area contributed by atoms with E-state index >= 15 is 0 Å². The Morgan fingerprint density at radius 2 is 1.95 bits per heavy atom. The molecule has 1 heterocycles. The highest BCUT2D eigenvalue weighted by atomic mass is 19.2. The van der Waals surface area contributed by atoms with Crippen LogP contribution in [0.5, 0.6) is 0 Å². The molecule has 4 heteroatoms. The largest absolute Gasteiger partial charge is 0.327 e. The molecule has 2 nitrogen and oxygen atoms in total. The van der Waals surface area contributed by atoms with Crippen molar-refractivity contribution in [3.05, 3.63) is 35.4 Å². The van der Waals surface area contributed by atoms with E-state index in [2.05, 4.69) is 4.90 Å². The molecule has 1 fully saturated rings. The van der Waals surface area contributed by atoms with Crippen molar-refractivity contribution in [2.75, 3.05) is 6.54 Å². The molecule has 1 aliphatic rings. The second kappa shape index (κ2) is 5.97. The Balaban J connectivity index is 2.20. The molecule has 2 N–H and O–H groups in total. The van der Waals surface area contributed by atoms with Gasteiger partial charge in [0.2, 0.25) is 0 Å². The van der Waals surface area contributed by atoms with Crippen molar-refractivity contribution in [2.24, 2.45) is 5.73 Å². The van der Waals surface area contributed by atoms with E-state index in [9.17, 15) is 8.78 Å². The lowest BCUT2D eigenvalue weighted by atomic mass is 9.93. The quantitative estimate of drug-likeness (QED) is 0.912. The molecule has 1 saturated heterocycles. The Hall–Kier alpha value is -1.00. The van der Waals surface area contributed by atoms with Crippen LogP contribution in [0.2, 0.25) is 0 Å². The van der Waals surface area contributed by atoms with E-state index in [1.807, 2.05) is 13.8 Å². The monoisotopic (exact) mass is 268 g/mol. The third-order valence-electron chi connectivity index (χ3n) is 4.12. The molecule has 0 bridgehead atoms. The topological polar surface area (TPSA) is 29.3 Å². The van der Waals surface area contributed by atoms with Gasteiger partial charge in [0.1, 0.15) is 0 Å². The Labute approximate surface area is 113 Å². The predicted molar refractivity (Wildman–Crippen MR) is 72.8 cm³/mol. The van der Waals surface area contributed by atoms with E-state index in [-0.39, 0.29) is 12.1 Å². The zero-order chi connectivity index (χ0) is 14.0. The Morgan fingerprint density at radius 1 is 1.21 bits per heavy atom. The summed E-state index contributed by atoms with van der Waals surface area (Å²) in [7, 11) is 0. The van der Waals surface area contributed by atoms with E-state index in [0.717, 1.165) is 24.9 Å². The fraction of sp³-hybridized carbons (Fsp3) is 0.600. The van der Waals surface area contributed by atoms with Gasteiger partial charge in [0.05, 0.1) is 0 Å². The molecule has 1 aromatic carbocycles. The molecule has 0 saturated carbocycles. The molecule has 0 amide bonds. The molecule has 1 aromatic rings. The lowest BCUT2D eigenvalue weighted by molar-refractivity contribution is 0.0888. The van der Waals surface area contributed by atoms with E-state index in [1.54, 1.807) is 6.07 Å². The SMILES string of the molecule is CC(N)C1CCCCN1C(C)c1ccc(F)c(F)c1. The van der Waals surface area contributed by atoms with E-state index in [0.29, 0.717) is 6.04 Å². The highest BCUT2D eigenvalue weighted by Gasteiger charge is 2.29. The van der Waals surface area contributed by atoms with Gasteiger partial charge in [-0.05, 0) is 50.9 Å². The standard InChI is InChI=1S/C15H22F2N2/c1-10(18)15-5-3-4-8-19(15)11(2)12-6-7-13(16)14(17)9-12/h6-7,9-11,15H,3-5,8,18H2,1-2H3. The second-order valence-electron chi connectivity index (χ2n) is 5.51. The Kier molecular flexibility index (Phi) is 4.53. The van der Waals surface area contributed by atoms with Crippen molar-refractivity contribution in [1.29, 1.82) is 0 Å². The number of benzene rings is 1. The normalized spacial score (nSPS) is 24.2. The van der Waals surface area contributed by atoms with Crippen LogP contribution < -0.4 is 5.73 Å². The zero-order valence-corrected chi connectivity index (χ0v) is 11.6. The van der Waals surface area contributed by atoms with Crippen LogP contribution >= 0.6 is 0 Å². The van der Waals surface area contributed by atoms with Crippen LogP contribution in [-0.4, -0.2) is 23.5 Å². The molecule has 0 radical (unpaired) electrons. The summed E-state index contributed by atoms with van der Waals surface area (Å²) in [5.74, 6) is -1.57. The molecule has 0 aromatic heterocycles. The van der Waals surface area contributed by atoms with Crippen LogP contribution in [0.15, 0.2) is 18.2 Å². The predicted octanol–water partition coefficient (Wildman–Crippen LogP) is 3.23. The van der Waals surface area contributed by atoms with E-state index in [1.165, 1.54) is 18.6 Å². The summed E-state index contributed by atoms with van der Waals surface area (Å²) in [6.07, 6.45) is 3.40. The molecule has 2 rings (SSSR count). The Morgan fingerprint density at radius 3 is 2.58 bits per heavy atom. The van der Waals surface area contributed by atoms with Crippen LogP contribution in [-0.2, 0) is 0 Å². The van der Waals surface area contributed by atoms with Gasteiger partial charge in [0.25, 0.3) is 0 Å². The summed E-state index contributed by atoms with van der Waals surface area (Å²) in [4.78, 5) is 2.32. The molecular weight excluding hydrogens is 246 g/mol. The lowest BCUT2D eigenvalue weighted by Gasteiger charge is -2.42. The summed E-state index contributed by atoms with van der Waals surface area (Å²) >= 11 is 0. The lowest BCUT2D eigenvalue weighted by Crippen LogP contribution is -2.49. The second-order valence-corrected chi connectivity index (χ2v) is 5.51. The highest BCUT2D eigenvalue weighted by Crippen LogP contribution is 2.30. The average Bonchev–Trinajstić information content (AvgIpc) is 2.41. The van der Waals surface area contributed by atoms with Gasteiger partial charge in [-0.25, -0.2) is 8.78 Å². The molecule has 1 aliphatic heterocycles. The molecule has 0 spiro atoms. The van der Waals surface area contributed by atoms with Gasteiger partial charge in [-0.2, -0.15) is 0 Å². The number of piperidine rings is 1. The van der Waals surface area contributed by atoms with Gasteiger partial charge in [0, 0.05) is 18.1 Å². The maximum atomic E-state index is 13.3. The van der Waals surface area contributed by atoms with Crippen molar-refractivity contribution >= 4 is 0 Å². The van der Waals surface area contributed by atoms with Gasteiger partial charge in [-0.15, -0.1) is 0 Å². The molecule has 3 unspecified atom stereocenters. The first-order valence-electron chi connectivity index (χ1n) is 6.97. The third kappa shape index (κ3) is 3.12. The van der Waals surface area contributed by atoms with Crippen molar-refractivity contribution in [2.45, 2.75) is 51.2 Å². The zero-order valence-electron chi connectivity index (χ0n) is 11.6. The number of nitrogens with two attached hydrogens (primary N) is 1. The average molecular weight is 268 g/mol. The van der Waals surface area contributed by atoms with Crippen molar-refractivity contribution in [1.82, 2.24) is 4.90 Å². The third-order valence-corrected chi connectivity index (χ3v) is 4.12. The first kappa shape index (κ1) is 14.4. The number of halogens is 2. The van der Waals surface area contributed by atoms with Gasteiger partial charge < -0.3 is 5.73 Å². The van der Waals surface area contributed by atoms with Crippen LogP contribution in [0.25, 0.3) is 0 Å². The van der Waals surface area contributed by atoms with Crippen LogP contribution in [0.1, 0.15) is 44.7 Å². The molecule has 0 aliphatic carbocycles. The van der Waals surface area contributed by atoms with Crippen molar-refractivity contribution in [3.8, 4) is 0 Å². The number of hydrogen-bond donors (Lipinski definition) is 1. The smallest absolute Gasteiger partial charge is 0.159 e. The molecule has 106 valence electrons. The number of rotatable bonds is 3. The minimum absolute atomic E-state index is 0.0615. The number of hydrogen-bond acceptors (Lipinski definition) is 2. The molecule has 3 atom stereocenters. The van der Waals surface area contributed by atoms with E-state index < -0.39 is 11.6 Å². The van der Waals surface area contributed by atoms with Crippen LogP contribution in [0.4, 0.5) is 8.78 Å². The van der Waals surface area contributed by atoms with Crippen molar-refractivity contribution in [3.63, 3.8) is 0 Å². The molecule has 19 heavy (non-hydrogen) atoms. The molecular formula is C15H22F2N2. The number of likely N-dealkylation sites (tertiary alicyclic amines) is 1. The minimum Gasteiger partial charge on any atom is -0.327 e. The fourth-order valence-electron chi connectivity index (χ4n) is 2.99. The first-order chi connectivity index (χ1) is 9.00. The van der Waals surface area contributed by atoms with Crippen molar-refractivity contribution < 1.29 is 8.78 Å². The highest BCUT2D eigenvalue weighted by molar-refractivity contribution is 5.21. The van der Waals surface area contributed by atoms with E-state index in [4.69, 9.17) is 5.73 Å². The summed E-state index contributed by atoms with van der Waals surface area (Å²) in [6, 6.07) is 4.63. The summed E-state index contributed by atoms with van der Waals surface area (Å²) < 4.78 is 26.3. The van der Waals surface area contributed by atoms with Gasteiger partial charge in [-0.1, -0.05) is 12.5 Å². The first-order valence-corrected chi connectivity index (χ1v) is 6.97. The van der Waals surface area contributed by atoms with Crippen LogP contribution in [0, 0.1) is 11.6 Å². The summed E-state index contributed by atoms with van der Waals surface area (Å²) in [5.41, 5.74) is 6.86. The number of nitrogens with zero attached hydrogens (tertiary/aromatic N) is 1. The maximum absolute atomic E-state index is 13.3. The Bertz CT molecular complexity index is 434. The fourth-order valence-corrected chi connectivity index (χ4v) is 2.99. The van der Waals surface area contributed by atoms with Gasteiger partial charge in [0.15, 0.2) is 11.6 Å². The van der Waals surface area contributed by atoms with Gasteiger partial charge >= 0.3 is 0 Å². The summed E-state index contributed by atoms with van der Waals surface area (Å²) in [6.45, 7) is 5.01.